The summed E-state index contributed by atoms with van der Waals surface area (Å²) in [6, 6.07) is 10.3. The molecule has 0 radical (unpaired) electrons. The minimum absolute atomic E-state index is 0.459. The van der Waals surface area contributed by atoms with E-state index < -0.39 is 17.4 Å². The number of hydrogen-bond acceptors (Lipinski definition) is 4. The third-order valence-electron chi connectivity index (χ3n) is 3.24. The van der Waals surface area contributed by atoms with Gasteiger partial charge >= 0.3 is 0 Å². The van der Waals surface area contributed by atoms with Gasteiger partial charge in [-0.1, -0.05) is 12.1 Å². The van der Waals surface area contributed by atoms with Gasteiger partial charge in [-0.05, 0) is 31.2 Å². The van der Waals surface area contributed by atoms with Crippen molar-refractivity contribution < 1.29 is 14.3 Å². The number of carbonyl (C=O) groups excluding carboxylic acids is 2. The molecule has 6 nitrogen and oxygen atoms in total. The predicted molar refractivity (Wildman–Crippen MR) is 77.0 cm³/mol. The summed E-state index contributed by atoms with van der Waals surface area (Å²) in [5.41, 5.74) is -0.586. The number of nitrogens with zero attached hydrogens (tertiary/aromatic N) is 1. The SMILES string of the molecule is C[C@@]1(C(=O)Nc2cccnc2)Oc2ccccc2NC1=O. The van der Waals surface area contributed by atoms with Crippen molar-refractivity contribution in [1.29, 1.82) is 0 Å². The van der Waals surface area contributed by atoms with Crippen LogP contribution in [0.15, 0.2) is 48.8 Å². The molecule has 2 N–H and O–H groups in total. The van der Waals surface area contributed by atoms with Crippen molar-refractivity contribution in [3.8, 4) is 5.75 Å². The Morgan fingerprint density at radius 2 is 2.10 bits per heavy atom. The average Bonchev–Trinajstić information content (AvgIpc) is 2.49. The number of benzene rings is 1. The van der Waals surface area contributed by atoms with Crippen molar-refractivity contribution in [2.75, 3.05) is 10.6 Å². The molecule has 1 aliphatic rings. The van der Waals surface area contributed by atoms with Gasteiger partial charge in [-0.15, -0.1) is 0 Å². The summed E-state index contributed by atoms with van der Waals surface area (Å²) >= 11 is 0. The summed E-state index contributed by atoms with van der Waals surface area (Å²) in [5.74, 6) is -0.606. The highest BCUT2D eigenvalue weighted by molar-refractivity contribution is 6.18. The second kappa shape index (κ2) is 4.90. The third-order valence-corrected chi connectivity index (χ3v) is 3.24. The number of aromatic nitrogens is 1. The molecule has 3 rings (SSSR count). The predicted octanol–water partition coefficient (Wildman–Crippen LogP) is 1.81. The van der Waals surface area contributed by atoms with Crippen molar-refractivity contribution in [2.24, 2.45) is 0 Å². The van der Waals surface area contributed by atoms with Gasteiger partial charge in [0.2, 0.25) is 0 Å². The number of anilines is 2. The molecule has 1 aromatic carbocycles. The quantitative estimate of drug-likeness (QED) is 0.824. The first-order chi connectivity index (χ1) is 10.1. The summed E-state index contributed by atoms with van der Waals surface area (Å²) in [5, 5.41) is 5.30. The van der Waals surface area contributed by atoms with Gasteiger partial charge in [-0.3, -0.25) is 14.6 Å². The van der Waals surface area contributed by atoms with Crippen LogP contribution >= 0.6 is 0 Å². The van der Waals surface area contributed by atoms with Crippen LogP contribution < -0.4 is 15.4 Å². The number of ether oxygens (including phenoxy) is 1. The van der Waals surface area contributed by atoms with Crippen LogP contribution in [0, 0.1) is 0 Å². The minimum atomic E-state index is -1.63. The number of carbonyl (C=O) groups is 2. The Hall–Kier alpha value is -2.89. The van der Waals surface area contributed by atoms with Gasteiger partial charge in [0, 0.05) is 6.20 Å². The molecule has 1 aromatic heterocycles. The van der Waals surface area contributed by atoms with Crippen LogP contribution in [0.2, 0.25) is 0 Å². The van der Waals surface area contributed by atoms with E-state index in [0.29, 0.717) is 17.1 Å². The Labute approximate surface area is 121 Å². The van der Waals surface area contributed by atoms with E-state index >= 15 is 0 Å². The number of fused-ring (bicyclic) bond motifs is 1. The second-order valence-electron chi connectivity index (χ2n) is 4.78. The number of amides is 2. The van der Waals surface area contributed by atoms with Crippen molar-refractivity contribution in [3.63, 3.8) is 0 Å². The Morgan fingerprint density at radius 1 is 1.29 bits per heavy atom. The first-order valence-corrected chi connectivity index (χ1v) is 6.40. The standard InChI is InChI=1S/C15H13N3O3/c1-15(13(19)17-10-5-4-8-16-9-10)14(20)18-11-6-2-3-7-12(11)21-15/h2-9H,1H3,(H,17,19)(H,18,20)/t15-/m0/s1. The summed E-state index contributed by atoms with van der Waals surface area (Å²) < 4.78 is 5.62. The molecule has 0 unspecified atom stereocenters. The highest BCUT2D eigenvalue weighted by Gasteiger charge is 2.47. The summed E-state index contributed by atoms with van der Waals surface area (Å²) in [7, 11) is 0. The lowest BCUT2D eigenvalue weighted by Gasteiger charge is -2.33. The molecule has 106 valence electrons. The molecule has 2 aromatic rings. The molecule has 1 aliphatic heterocycles. The van der Waals surface area contributed by atoms with Gasteiger partial charge in [-0.2, -0.15) is 0 Å². The molecular formula is C15H13N3O3. The van der Waals surface area contributed by atoms with Gasteiger partial charge in [0.25, 0.3) is 17.4 Å². The normalized spacial score (nSPS) is 20.0. The molecule has 0 fully saturated rings. The highest BCUT2D eigenvalue weighted by Crippen LogP contribution is 2.33. The van der Waals surface area contributed by atoms with E-state index in [2.05, 4.69) is 15.6 Å². The number of rotatable bonds is 2. The number of para-hydroxylation sites is 2. The van der Waals surface area contributed by atoms with Gasteiger partial charge < -0.3 is 15.4 Å². The summed E-state index contributed by atoms with van der Waals surface area (Å²) in [6.45, 7) is 1.43. The average molecular weight is 283 g/mol. The Bertz CT molecular complexity index is 702. The zero-order chi connectivity index (χ0) is 14.9. The van der Waals surface area contributed by atoms with Crippen LogP contribution in [0.1, 0.15) is 6.92 Å². The largest absolute Gasteiger partial charge is 0.466 e. The van der Waals surface area contributed by atoms with Crippen LogP contribution in [0.3, 0.4) is 0 Å². The lowest BCUT2D eigenvalue weighted by Crippen LogP contribution is -2.56. The Morgan fingerprint density at radius 3 is 2.86 bits per heavy atom. The molecule has 1 atom stereocenters. The summed E-state index contributed by atoms with van der Waals surface area (Å²) in [6.07, 6.45) is 3.09. The van der Waals surface area contributed by atoms with Crippen LogP contribution in [-0.4, -0.2) is 22.4 Å². The van der Waals surface area contributed by atoms with Gasteiger partial charge in [0.15, 0.2) is 0 Å². The van der Waals surface area contributed by atoms with Crippen molar-refractivity contribution in [2.45, 2.75) is 12.5 Å². The van der Waals surface area contributed by atoms with Crippen LogP contribution in [0.5, 0.6) is 5.75 Å². The molecule has 21 heavy (non-hydrogen) atoms. The van der Waals surface area contributed by atoms with E-state index in [-0.39, 0.29) is 0 Å². The number of pyridine rings is 1. The van der Waals surface area contributed by atoms with Crippen LogP contribution in [0.4, 0.5) is 11.4 Å². The van der Waals surface area contributed by atoms with E-state index in [1.54, 1.807) is 42.6 Å². The van der Waals surface area contributed by atoms with Crippen LogP contribution in [-0.2, 0) is 9.59 Å². The van der Waals surface area contributed by atoms with E-state index in [4.69, 9.17) is 4.74 Å². The maximum absolute atomic E-state index is 12.4. The van der Waals surface area contributed by atoms with Crippen molar-refractivity contribution >= 4 is 23.2 Å². The molecule has 2 heterocycles. The van der Waals surface area contributed by atoms with E-state index in [0.717, 1.165) is 0 Å². The lowest BCUT2D eigenvalue weighted by atomic mass is 10.0. The number of hydrogen-bond donors (Lipinski definition) is 2. The molecule has 0 saturated carbocycles. The van der Waals surface area contributed by atoms with Gasteiger partial charge in [0.05, 0.1) is 17.6 Å². The third kappa shape index (κ3) is 2.31. The summed E-state index contributed by atoms with van der Waals surface area (Å²) in [4.78, 5) is 28.5. The van der Waals surface area contributed by atoms with E-state index in [9.17, 15) is 9.59 Å². The first kappa shape index (κ1) is 13.1. The smallest absolute Gasteiger partial charge is 0.278 e. The van der Waals surface area contributed by atoms with Crippen molar-refractivity contribution in [1.82, 2.24) is 4.98 Å². The van der Waals surface area contributed by atoms with Gasteiger partial charge in [0.1, 0.15) is 5.75 Å². The fourth-order valence-corrected chi connectivity index (χ4v) is 2.00. The lowest BCUT2D eigenvalue weighted by molar-refractivity contribution is -0.143. The van der Waals surface area contributed by atoms with E-state index in [1.165, 1.54) is 13.1 Å². The topological polar surface area (TPSA) is 80.3 Å². The fraction of sp³-hybridized carbons (Fsp3) is 0.133. The Kier molecular flexibility index (Phi) is 3.06. The second-order valence-corrected chi connectivity index (χ2v) is 4.78. The number of nitrogens with one attached hydrogen (secondary N) is 2. The highest BCUT2D eigenvalue weighted by atomic mass is 16.5. The molecule has 6 heteroatoms. The molecular weight excluding hydrogens is 270 g/mol. The molecule has 0 bridgehead atoms. The zero-order valence-corrected chi connectivity index (χ0v) is 11.3. The molecule has 2 amide bonds. The minimum Gasteiger partial charge on any atom is -0.466 e. The maximum atomic E-state index is 12.4. The van der Waals surface area contributed by atoms with Crippen LogP contribution in [0.25, 0.3) is 0 Å². The molecule has 0 saturated heterocycles. The molecule has 0 spiro atoms. The molecule has 0 aliphatic carbocycles. The van der Waals surface area contributed by atoms with Crippen molar-refractivity contribution in [3.05, 3.63) is 48.8 Å². The fourth-order valence-electron chi connectivity index (χ4n) is 2.00. The zero-order valence-electron chi connectivity index (χ0n) is 11.3. The van der Waals surface area contributed by atoms with E-state index in [1.807, 2.05) is 0 Å². The maximum Gasteiger partial charge on any atom is 0.278 e. The monoisotopic (exact) mass is 283 g/mol. The van der Waals surface area contributed by atoms with Gasteiger partial charge in [-0.25, -0.2) is 0 Å². The Balaban J connectivity index is 1.87. The first-order valence-electron chi connectivity index (χ1n) is 6.40.